The Morgan fingerprint density at radius 1 is 1.11 bits per heavy atom. The van der Waals surface area contributed by atoms with Gasteiger partial charge in [0, 0.05) is 44.2 Å². The van der Waals surface area contributed by atoms with Crippen LogP contribution in [-0.4, -0.2) is 82.7 Å². The number of unbranched alkanes of at least 4 members (excludes halogenated alkanes) is 2. The molecule has 2 aromatic rings. The average molecular weight is 750 g/mol. The number of hydrogen-bond acceptors (Lipinski definition) is 11. The lowest BCUT2D eigenvalue weighted by Gasteiger charge is -2.59. The fourth-order valence-corrected chi connectivity index (χ4v) is 8.13. The van der Waals surface area contributed by atoms with E-state index in [9.17, 15) is 25.1 Å². The fourth-order valence-electron chi connectivity index (χ4n) is 8.13. The maximum atomic E-state index is 13.6. The van der Waals surface area contributed by atoms with E-state index >= 15 is 0 Å². The first kappa shape index (κ1) is 40.7. The number of aliphatic hydroxyl groups excluding tert-OH is 2. The van der Waals surface area contributed by atoms with E-state index in [0.29, 0.717) is 35.8 Å². The van der Waals surface area contributed by atoms with Crippen molar-refractivity contribution in [2.24, 2.45) is 22.9 Å². The van der Waals surface area contributed by atoms with E-state index < -0.39 is 34.4 Å². The van der Waals surface area contributed by atoms with Crippen LogP contribution in [0.5, 0.6) is 17.2 Å². The van der Waals surface area contributed by atoms with Gasteiger partial charge in [-0.15, -0.1) is 6.58 Å². The highest BCUT2D eigenvalue weighted by Crippen LogP contribution is 2.62. The molecule has 3 aliphatic rings. The van der Waals surface area contributed by atoms with Crippen molar-refractivity contribution in [3.63, 3.8) is 0 Å². The second-order valence-corrected chi connectivity index (χ2v) is 15.1. The molecular weight excluding hydrogens is 694 g/mol. The highest BCUT2D eigenvalue weighted by atomic mass is 16.7. The fraction of sp³-hybridized carbons (Fsp3) is 0.561. The molecular formula is C41H55N3O10. The molecule has 0 spiro atoms. The summed E-state index contributed by atoms with van der Waals surface area (Å²) in [6.07, 6.45) is 8.09. The van der Waals surface area contributed by atoms with Gasteiger partial charge < -0.3 is 38.9 Å². The molecule has 0 bridgehead atoms. The summed E-state index contributed by atoms with van der Waals surface area (Å²) in [4.78, 5) is 32.3. The van der Waals surface area contributed by atoms with Crippen LogP contribution in [0.25, 0.3) is 0 Å². The highest BCUT2D eigenvalue weighted by Gasteiger charge is 2.65. The van der Waals surface area contributed by atoms with Gasteiger partial charge in [0.05, 0.1) is 35.8 Å². The van der Waals surface area contributed by atoms with Crippen molar-refractivity contribution >= 4 is 17.5 Å². The van der Waals surface area contributed by atoms with Crippen molar-refractivity contribution < 1.29 is 43.7 Å². The summed E-state index contributed by atoms with van der Waals surface area (Å²) >= 11 is 0. The van der Waals surface area contributed by atoms with Crippen LogP contribution in [-0.2, 0) is 14.3 Å². The zero-order chi connectivity index (χ0) is 39.0. The molecule has 0 aromatic heterocycles. The van der Waals surface area contributed by atoms with Crippen molar-refractivity contribution in [1.29, 1.82) is 0 Å². The maximum Gasteiger partial charge on any atom is 0.409 e. The molecule has 54 heavy (non-hydrogen) atoms. The van der Waals surface area contributed by atoms with E-state index in [2.05, 4.69) is 12.7 Å². The van der Waals surface area contributed by atoms with Gasteiger partial charge in [0.2, 0.25) is 5.79 Å². The number of allylic oxidation sites excluding steroid dienone is 1. The van der Waals surface area contributed by atoms with Crippen molar-refractivity contribution in [3.05, 3.63) is 82.4 Å². The first-order chi connectivity index (χ1) is 25.9. The van der Waals surface area contributed by atoms with Crippen LogP contribution >= 0.6 is 0 Å². The summed E-state index contributed by atoms with van der Waals surface area (Å²) in [6, 6.07) is 10.9. The number of non-ortho nitro benzene ring substituents is 1. The monoisotopic (exact) mass is 749 g/mol. The smallest absolute Gasteiger partial charge is 0.409 e. The maximum absolute atomic E-state index is 13.6. The van der Waals surface area contributed by atoms with E-state index in [4.69, 9.17) is 28.9 Å². The minimum absolute atomic E-state index is 0.0165. The Kier molecular flexibility index (Phi) is 13.4. The molecule has 2 aromatic carbocycles. The third-order valence-corrected chi connectivity index (χ3v) is 10.4. The quantitative estimate of drug-likeness (QED) is 0.0704. The lowest BCUT2D eigenvalue weighted by molar-refractivity contribution is -0.384. The number of carbonyl (C=O) groups excluding carboxylic acids is 1. The van der Waals surface area contributed by atoms with E-state index in [1.807, 2.05) is 32.9 Å². The van der Waals surface area contributed by atoms with Crippen molar-refractivity contribution in [2.45, 2.75) is 96.0 Å². The number of nitro groups is 1. The minimum Gasteiger partial charge on any atom is -0.459 e. The van der Waals surface area contributed by atoms with Gasteiger partial charge in [0.1, 0.15) is 28.9 Å². The van der Waals surface area contributed by atoms with Gasteiger partial charge in [0.25, 0.3) is 5.69 Å². The number of carbonyl (C=O) groups is 1. The molecule has 294 valence electrons. The molecule has 1 amide bonds. The number of benzene rings is 2. The number of rotatable bonds is 17. The number of ether oxygens (including phenoxy) is 4. The molecule has 13 nitrogen and oxygen atoms in total. The van der Waals surface area contributed by atoms with Crippen LogP contribution in [0, 0.1) is 27.9 Å². The molecule has 2 N–H and O–H groups in total. The summed E-state index contributed by atoms with van der Waals surface area (Å²) in [7, 11) is 1.68. The molecule has 0 radical (unpaired) electrons. The summed E-state index contributed by atoms with van der Waals surface area (Å²) < 4.78 is 25.7. The second-order valence-electron chi connectivity index (χ2n) is 15.1. The molecule has 1 aliphatic heterocycles. The molecule has 1 heterocycles. The zero-order valence-electron chi connectivity index (χ0n) is 32.1. The molecule has 1 saturated carbocycles. The number of amides is 1. The largest absolute Gasteiger partial charge is 0.459 e. The molecule has 5 rings (SSSR count). The van der Waals surface area contributed by atoms with Crippen molar-refractivity contribution in [3.8, 4) is 17.2 Å². The van der Waals surface area contributed by atoms with Gasteiger partial charge in [0.15, 0.2) is 0 Å². The number of likely N-dealkylation sites (N-methyl/N-ethyl adjacent to an activating group) is 1. The number of aliphatic hydroxyl groups is 2. The van der Waals surface area contributed by atoms with Crippen LogP contribution in [0.2, 0.25) is 0 Å². The van der Waals surface area contributed by atoms with Gasteiger partial charge in [-0.3, -0.25) is 10.1 Å². The first-order valence-corrected chi connectivity index (χ1v) is 19.0. The van der Waals surface area contributed by atoms with Gasteiger partial charge >= 0.3 is 6.09 Å². The summed E-state index contributed by atoms with van der Waals surface area (Å²) in [5.74, 6) is -0.751. The van der Waals surface area contributed by atoms with Crippen molar-refractivity contribution in [1.82, 2.24) is 4.90 Å². The molecule has 6 atom stereocenters. The number of hydrogen-bond donors (Lipinski definition) is 2. The molecule has 1 fully saturated rings. The Labute approximate surface area is 317 Å². The number of fused-ring (bicyclic) bond motifs is 2. The predicted octanol–water partition coefficient (Wildman–Crippen LogP) is 7.91. The van der Waals surface area contributed by atoms with E-state index in [-0.39, 0.29) is 56.3 Å². The summed E-state index contributed by atoms with van der Waals surface area (Å²) in [5, 5.41) is 35.9. The van der Waals surface area contributed by atoms with E-state index in [0.717, 1.165) is 36.8 Å². The summed E-state index contributed by atoms with van der Waals surface area (Å²) in [6.45, 7) is 11.9. The van der Waals surface area contributed by atoms with Gasteiger partial charge in [-0.2, -0.15) is 0 Å². The Hall–Kier alpha value is -4.46. The Balaban J connectivity index is 1.76. The standard InChI is InChI=1S/C41H55N3O10/c1-7-22-51-41-36(43(6)39(47)50-8-2)26-34(42-54-40(3,4)5)32-23-27(14-9-11-20-45)31(17-10-12-21-46)37(38(32)41)33-25-30(18-19-35(33)53-41)52-29-16-13-15-28(24-29)44(48)49/h7,13,15-16,18-19,23-25,27,31,36-38,45-46H,1,8-12,14,17,20-22,26H2,2-6H3. The second kappa shape index (κ2) is 17.8. The highest BCUT2D eigenvalue weighted by molar-refractivity contribution is 6.03. The van der Waals surface area contributed by atoms with E-state index in [1.54, 1.807) is 38.2 Å². The van der Waals surface area contributed by atoms with Gasteiger partial charge in [-0.05, 0) is 95.1 Å². The third kappa shape index (κ3) is 8.90. The predicted molar refractivity (Wildman–Crippen MR) is 204 cm³/mol. The first-order valence-electron chi connectivity index (χ1n) is 19.0. The van der Waals surface area contributed by atoms with Gasteiger partial charge in [-0.1, -0.05) is 36.2 Å². The third-order valence-electron chi connectivity index (χ3n) is 10.4. The SMILES string of the molecule is C=CCOC12Oc3ccc(Oc4cccc([N+](=O)[O-])c4)cc3C3C(CCCCO)C(CCCCO)C=C(C(=NOC(C)(C)C)CC1N(C)C(=O)OCC)C32. The van der Waals surface area contributed by atoms with E-state index in [1.165, 1.54) is 17.0 Å². The zero-order valence-corrected chi connectivity index (χ0v) is 32.1. The van der Waals surface area contributed by atoms with Crippen LogP contribution < -0.4 is 9.47 Å². The molecule has 13 heteroatoms. The number of nitro benzene ring substituents is 1. The number of oxime groups is 1. The molecule has 6 unspecified atom stereocenters. The number of nitrogens with zero attached hydrogens (tertiary/aromatic N) is 3. The summed E-state index contributed by atoms with van der Waals surface area (Å²) in [5.41, 5.74) is 1.77. The van der Waals surface area contributed by atoms with Crippen LogP contribution in [0.15, 0.2) is 71.9 Å². The molecule has 2 aliphatic carbocycles. The van der Waals surface area contributed by atoms with Gasteiger partial charge in [-0.25, -0.2) is 4.79 Å². The lowest BCUT2D eigenvalue weighted by atomic mass is 9.55. The van der Waals surface area contributed by atoms with Crippen LogP contribution in [0.4, 0.5) is 10.5 Å². The topological polar surface area (TPSA) is 162 Å². The minimum atomic E-state index is -1.41. The normalized spacial score (nSPS) is 25.1. The Bertz CT molecular complexity index is 1700. The van der Waals surface area contributed by atoms with Crippen molar-refractivity contribution in [2.75, 3.05) is 33.5 Å². The van der Waals surface area contributed by atoms with Crippen LogP contribution in [0.1, 0.15) is 84.1 Å². The Morgan fingerprint density at radius 2 is 1.83 bits per heavy atom. The Morgan fingerprint density at radius 3 is 2.50 bits per heavy atom. The average Bonchev–Trinajstić information content (AvgIpc) is 3.14. The lowest BCUT2D eigenvalue weighted by Crippen LogP contribution is -2.69. The molecule has 0 saturated heterocycles. The van der Waals surface area contributed by atoms with Crippen LogP contribution in [0.3, 0.4) is 0 Å².